The number of aromatic hydroxyl groups is 1. The first-order valence-electron chi connectivity index (χ1n) is 4.04. The molecule has 0 aliphatic heterocycles. The average molecular weight is 320 g/mol. The van der Waals surface area contributed by atoms with Crippen molar-refractivity contribution in [2.75, 3.05) is 0 Å². The molecule has 0 unspecified atom stereocenters. The van der Waals surface area contributed by atoms with Gasteiger partial charge in [-0.1, -0.05) is 11.6 Å². The molecule has 0 amide bonds. The summed E-state index contributed by atoms with van der Waals surface area (Å²) in [5.41, 5.74) is 1.46. The van der Waals surface area contributed by atoms with Gasteiger partial charge < -0.3 is 5.11 Å². The highest BCUT2D eigenvalue weighted by Crippen LogP contribution is 2.37. The average Bonchev–Trinajstić information content (AvgIpc) is 2.23. The van der Waals surface area contributed by atoms with E-state index < -0.39 is 0 Å². The zero-order valence-electron chi connectivity index (χ0n) is 7.38. The predicted molar refractivity (Wildman–Crippen MR) is 65.9 cm³/mol. The number of hydrogen-bond donors (Lipinski definition) is 1. The Morgan fingerprint density at radius 1 is 1.50 bits per heavy atom. The van der Waals surface area contributed by atoms with E-state index in [2.05, 4.69) is 27.6 Å². The second-order valence-electron chi connectivity index (χ2n) is 3.00. The summed E-state index contributed by atoms with van der Waals surface area (Å²) >= 11 is 8.22. The zero-order chi connectivity index (χ0) is 10.3. The summed E-state index contributed by atoms with van der Waals surface area (Å²) in [5, 5.41) is 11.3. The molecular formula is C10H7ClINO. The molecule has 0 saturated carbocycles. The van der Waals surface area contributed by atoms with Gasteiger partial charge in [0.15, 0.2) is 5.75 Å². The van der Waals surface area contributed by atoms with Crippen LogP contribution in [0.5, 0.6) is 5.75 Å². The summed E-state index contributed by atoms with van der Waals surface area (Å²) < 4.78 is 0.763. The van der Waals surface area contributed by atoms with E-state index in [-0.39, 0.29) is 5.75 Å². The molecule has 2 nitrogen and oxygen atoms in total. The topological polar surface area (TPSA) is 33.1 Å². The van der Waals surface area contributed by atoms with Gasteiger partial charge >= 0.3 is 0 Å². The lowest BCUT2D eigenvalue weighted by atomic mass is 10.1. The van der Waals surface area contributed by atoms with Gasteiger partial charge in [0.1, 0.15) is 5.52 Å². The smallest absolute Gasteiger partial charge is 0.155 e. The molecule has 1 aromatic heterocycles. The lowest BCUT2D eigenvalue weighted by Crippen LogP contribution is -1.88. The van der Waals surface area contributed by atoms with Gasteiger partial charge in [0.2, 0.25) is 0 Å². The van der Waals surface area contributed by atoms with Crippen molar-refractivity contribution in [3.05, 3.63) is 32.5 Å². The number of hydrogen-bond acceptors (Lipinski definition) is 2. The lowest BCUT2D eigenvalue weighted by Gasteiger charge is -2.08. The van der Waals surface area contributed by atoms with Gasteiger partial charge in [0, 0.05) is 11.6 Å². The summed E-state index contributed by atoms with van der Waals surface area (Å²) in [7, 11) is 0. The minimum absolute atomic E-state index is 0.211. The number of nitrogens with zero attached hydrogens (tertiary/aromatic N) is 1. The number of phenols is 1. The minimum Gasteiger partial charge on any atom is -0.505 e. The fourth-order valence-electron chi connectivity index (χ4n) is 1.35. The quantitative estimate of drug-likeness (QED) is 0.754. The Kier molecular flexibility index (Phi) is 2.53. The van der Waals surface area contributed by atoms with Crippen LogP contribution < -0.4 is 0 Å². The molecule has 4 heteroatoms. The number of phenolic OH excluding ortho intramolecular Hbond substituents is 1. The summed E-state index contributed by atoms with van der Waals surface area (Å²) in [6.45, 7) is 1.89. The van der Waals surface area contributed by atoms with Crippen LogP contribution in [-0.2, 0) is 0 Å². The van der Waals surface area contributed by atoms with Crippen molar-refractivity contribution in [3.63, 3.8) is 0 Å². The van der Waals surface area contributed by atoms with Crippen LogP contribution in [0, 0.1) is 10.5 Å². The fraction of sp³-hybridized carbons (Fsp3) is 0.100. The third-order valence-electron chi connectivity index (χ3n) is 2.13. The summed E-state index contributed by atoms with van der Waals surface area (Å²) in [6.07, 6.45) is 1.64. The Labute approximate surface area is 100 Å². The highest BCUT2D eigenvalue weighted by atomic mass is 127. The van der Waals surface area contributed by atoms with Gasteiger partial charge in [-0.05, 0) is 47.2 Å². The van der Waals surface area contributed by atoms with E-state index in [1.54, 1.807) is 12.3 Å². The van der Waals surface area contributed by atoms with E-state index in [1.165, 1.54) is 0 Å². The highest BCUT2D eigenvalue weighted by Gasteiger charge is 2.13. The fourth-order valence-corrected chi connectivity index (χ4v) is 2.28. The first kappa shape index (κ1) is 9.98. The third-order valence-corrected chi connectivity index (χ3v) is 3.94. The first-order valence-corrected chi connectivity index (χ1v) is 5.50. The molecule has 2 aromatic rings. The maximum absolute atomic E-state index is 9.83. The Morgan fingerprint density at radius 3 is 2.93 bits per heavy atom. The first-order chi connectivity index (χ1) is 6.63. The second-order valence-corrected chi connectivity index (χ2v) is 4.46. The van der Waals surface area contributed by atoms with Crippen molar-refractivity contribution in [1.29, 1.82) is 0 Å². The number of benzene rings is 1. The van der Waals surface area contributed by atoms with Gasteiger partial charge in [-0.3, -0.25) is 4.98 Å². The van der Waals surface area contributed by atoms with Gasteiger partial charge in [-0.15, -0.1) is 0 Å². The van der Waals surface area contributed by atoms with Gasteiger partial charge in [0.05, 0.1) is 8.59 Å². The van der Waals surface area contributed by atoms with E-state index in [9.17, 15) is 5.11 Å². The molecule has 0 fully saturated rings. The summed E-state index contributed by atoms with van der Waals surface area (Å²) in [4.78, 5) is 4.10. The molecule has 1 heterocycles. The van der Waals surface area contributed by atoms with Crippen LogP contribution in [0.3, 0.4) is 0 Å². The molecule has 14 heavy (non-hydrogen) atoms. The Bertz CT molecular complexity index is 466. The third kappa shape index (κ3) is 1.35. The van der Waals surface area contributed by atoms with Crippen LogP contribution >= 0.6 is 34.2 Å². The van der Waals surface area contributed by atoms with Crippen molar-refractivity contribution >= 4 is 45.1 Å². The van der Waals surface area contributed by atoms with Gasteiger partial charge in [0.25, 0.3) is 0 Å². The van der Waals surface area contributed by atoms with E-state index in [1.807, 2.05) is 13.0 Å². The predicted octanol–water partition coefficient (Wildman–Crippen LogP) is 3.51. The number of aromatic nitrogens is 1. The molecule has 0 saturated heterocycles. The number of halogens is 2. The molecule has 0 atom stereocenters. The molecule has 2 rings (SSSR count). The molecule has 1 aromatic carbocycles. The monoisotopic (exact) mass is 319 g/mol. The van der Waals surface area contributed by atoms with Crippen LogP contribution in [0.4, 0.5) is 0 Å². The minimum atomic E-state index is 0.211. The molecule has 0 radical (unpaired) electrons. The molecule has 0 bridgehead atoms. The summed E-state index contributed by atoms with van der Waals surface area (Å²) in [6, 6.07) is 3.66. The largest absolute Gasteiger partial charge is 0.505 e. The van der Waals surface area contributed by atoms with E-state index in [0.29, 0.717) is 10.5 Å². The number of fused-ring (bicyclic) bond motifs is 1. The van der Waals surface area contributed by atoms with Crippen LogP contribution in [0.25, 0.3) is 10.9 Å². The number of pyridine rings is 1. The second kappa shape index (κ2) is 3.55. The van der Waals surface area contributed by atoms with Gasteiger partial charge in [-0.25, -0.2) is 0 Å². The molecule has 0 aliphatic carbocycles. The molecule has 0 spiro atoms. The van der Waals surface area contributed by atoms with Crippen LogP contribution in [0.2, 0.25) is 5.02 Å². The normalized spacial score (nSPS) is 10.8. The lowest BCUT2D eigenvalue weighted by molar-refractivity contribution is 0.476. The summed E-state index contributed by atoms with van der Waals surface area (Å²) in [5.74, 6) is 0.211. The Hall–Kier alpha value is -0.550. The molecule has 72 valence electrons. The highest BCUT2D eigenvalue weighted by molar-refractivity contribution is 14.1. The van der Waals surface area contributed by atoms with E-state index in [0.717, 1.165) is 14.5 Å². The number of rotatable bonds is 0. The van der Waals surface area contributed by atoms with Gasteiger partial charge in [-0.2, -0.15) is 0 Å². The Morgan fingerprint density at radius 2 is 2.21 bits per heavy atom. The zero-order valence-corrected chi connectivity index (χ0v) is 10.3. The standard InChI is InChI=1S/C10H7ClINO/c1-5-7(11)6-3-2-4-13-9(6)10(14)8(5)12/h2-4,14H,1H3. The van der Waals surface area contributed by atoms with E-state index in [4.69, 9.17) is 11.6 Å². The maximum Gasteiger partial charge on any atom is 0.155 e. The molecule has 0 aliphatic rings. The van der Waals surface area contributed by atoms with Crippen molar-refractivity contribution in [2.24, 2.45) is 0 Å². The van der Waals surface area contributed by atoms with Crippen molar-refractivity contribution in [2.45, 2.75) is 6.92 Å². The molecular weight excluding hydrogens is 312 g/mol. The molecule has 1 N–H and O–H groups in total. The van der Waals surface area contributed by atoms with Crippen LogP contribution in [0.15, 0.2) is 18.3 Å². The van der Waals surface area contributed by atoms with Crippen molar-refractivity contribution in [1.82, 2.24) is 4.98 Å². The maximum atomic E-state index is 9.83. The van der Waals surface area contributed by atoms with Crippen LogP contribution in [-0.4, -0.2) is 10.1 Å². The van der Waals surface area contributed by atoms with Crippen LogP contribution in [0.1, 0.15) is 5.56 Å². The SMILES string of the molecule is Cc1c(I)c(O)c2ncccc2c1Cl. The Balaban J connectivity index is 3.02. The van der Waals surface area contributed by atoms with E-state index >= 15 is 0 Å². The van der Waals surface area contributed by atoms with Crippen molar-refractivity contribution in [3.8, 4) is 5.75 Å². The van der Waals surface area contributed by atoms with Crippen molar-refractivity contribution < 1.29 is 5.11 Å².